The summed E-state index contributed by atoms with van der Waals surface area (Å²) in [5.74, 6) is 0.621. The van der Waals surface area contributed by atoms with Gasteiger partial charge in [-0.2, -0.15) is 15.1 Å². The van der Waals surface area contributed by atoms with Gasteiger partial charge in [-0.05, 0) is 24.6 Å². The van der Waals surface area contributed by atoms with Gasteiger partial charge >= 0.3 is 0 Å². The van der Waals surface area contributed by atoms with E-state index in [1.165, 1.54) is 0 Å². The molecule has 0 atom stereocenters. The number of nitrogen functional groups attached to an aromatic ring is 1. The molecule has 3 N–H and O–H groups in total. The first-order valence-electron chi connectivity index (χ1n) is 6.34. The van der Waals surface area contributed by atoms with Gasteiger partial charge < -0.3 is 10.5 Å². The average Bonchev–Trinajstić information content (AvgIpc) is 2.98. The molecular weight excluding hydrogens is 256 g/mol. The number of hydrogen-bond acceptors (Lipinski definition) is 6. The maximum absolute atomic E-state index is 5.70. The molecule has 3 aromatic heterocycles. The number of nitrogens with zero attached hydrogens (tertiary/aromatic N) is 4. The highest BCUT2D eigenvalue weighted by atomic mass is 16.5. The Morgan fingerprint density at radius 1 is 1.20 bits per heavy atom. The van der Waals surface area contributed by atoms with Crippen LogP contribution in [-0.4, -0.2) is 31.8 Å². The van der Waals surface area contributed by atoms with Crippen LogP contribution in [0.15, 0.2) is 24.4 Å². The maximum atomic E-state index is 5.70. The van der Waals surface area contributed by atoms with Crippen LogP contribution in [0.1, 0.15) is 13.3 Å². The number of aromatic nitrogens is 5. The summed E-state index contributed by atoms with van der Waals surface area (Å²) in [5.41, 5.74) is 7.78. The summed E-state index contributed by atoms with van der Waals surface area (Å²) in [7, 11) is 0. The largest absolute Gasteiger partial charge is 0.477 e. The molecule has 3 heterocycles. The molecule has 3 rings (SSSR count). The molecular formula is C13H14N6O. The number of anilines is 1. The van der Waals surface area contributed by atoms with Gasteiger partial charge in [0.2, 0.25) is 11.8 Å². The van der Waals surface area contributed by atoms with Crippen molar-refractivity contribution in [1.29, 1.82) is 0 Å². The predicted octanol–water partition coefficient (Wildman–Crippen LogP) is 1.79. The maximum Gasteiger partial charge on any atom is 0.227 e. The number of H-pyrrole nitrogens is 1. The minimum Gasteiger partial charge on any atom is -0.477 e. The topological polar surface area (TPSA) is 103 Å². The molecule has 0 aliphatic rings. The Morgan fingerprint density at radius 2 is 2.10 bits per heavy atom. The molecule has 7 heteroatoms. The van der Waals surface area contributed by atoms with Crippen LogP contribution in [0.25, 0.3) is 22.4 Å². The lowest BCUT2D eigenvalue weighted by atomic mass is 10.2. The highest BCUT2D eigenvalue weighted by Gasteiger charge is 2.10. The summed E-state index contributed by atoms with van der Waals surface area (Å²) in [6, 6.07) is 5.59. The normalized spacial score (nSPS) is 10.8. The second-order valence-electron chi connectivity index (χ2n) is 4.27. The van der Waals surface area contributed by atoms with Crippen molar-refractivity contribution in [3.05, 3.63) is 24.4 Å². The lowest BCUT2D eigenvalue weighted by molar-refractivity contribution is 0.309. The number of rotatable bonds is 4. The lowest BCUT2D eigenvalue weighted by Crippen LogP contribution is -2.03. The first-order chi connectivity index (χ1) is 9.78. The quantitative estimate of drug-likeness (QED) is 0.749. The van der Waals surface area contributed by atoms with Crippen molar-refractivity contribution in [3.63, 3.8) is 0 Å². The molecule has 7 nitrogen and oxygen atoms in total. The van der Waals surface area contributed by atoms with E-state index in [9.17, 15) is 0 Å². The fourth-order valence-corrected chi connectivity index (χ4v) is 1.86. The van der Waals surface area contributed by atoms with Gasteiger partial charge in [-0.1, -0.05) is 6.92 Å². The van der Waals surface area contributed by atoms with Crippen LogP contribution in [0.4, 0.5) is 5.95 Å². The van der Waals surface area contributed by atoms with Crippen LogP contribution in [-0.2, 0) is 0 Å². The van der Waals surface area contributed by atoms with Gasteiger partial charge in [0.15, 0.2) is 5.65 Å². The third-order valence-corrected chi connectivity index (χ3v) is 2.76. The van der Waals surface area contributed by atoms with Crippen LogP contribution in [0.5, 0.6) is 5.88 Å². The van der Waals surface area contributed by atoms with Crippen molar-refractivity contribution >= 4 is 17.0 Å². The number of nitrogens with one attached hydrogen (secondary N) is 1. The van der Waals surface area contributed by atoms with Crippen molar-refractivity contribution in [3.8, 4) is 17.3 Å². The second kappa shape index (κ2) is 5.12. The van der Waals surface area contributed by atoms with Gasteiger partial charge in [0, 0.05) is 6.20 Å². The number of nitrogens with two attached hydrogens (primary N) is 1. The molecule has 0 spiro atoms. The summed E-state index contributed by atoms with van der Waals surface area (Å²) in [6.45, 7) is 2.61. The van der Waals surface area contributed by atoms with Crippen molar-refractivity contribution in [1.82, 2.24) is 25.1 Å². The van der Waals surface area contributed by atoms with E-state index in [-0.39, 0.29) is 5.95 Å². The zero-order valence-corrected chi connectivity index (χ0v) is 11.0. The molecule has 102 valence electrons. The van der Waals surface area contributed by atoms with E-state index in [0.29, 0.717) is 18.1 Å². The van der Waals surface area contributed by atoms with Gasteiger partial charge in [0.05, 0.1) is 23.4 Å². The fourth-order valence-electron chi connectivity index (χ4n) is 1.86. The van der Waals surface area contributed by atoms with E-state index in [1.54, 1.807) is 6.20 Å². The monoisotopic (exact) mass is 270 g/mol. The average molecular weight is 270 g/mol. The molecule has 0 aliphatic heterocycles. The Morgan fingerprint density at radius 3 is 2.85 bits per heavy atom. The molecule has 0 fully saturated rings. The summed E-state index contributed by atoms with van der Waals surface area (Å²) in [6.07, 6.45) is 2.57. The van der Waals surface area contributed by atoms with Gasteiger partial charge in [-0.15, -0.1) is 0 Å². The van der Waals surface area contributed by atoms with Crippen LogP contribution < -0.4 is 10.5 Å². The van der Waals surface area contributed by atoms with E-state index in [2.05, 4.69) is 25.1 Å². The Kier molecular flexibility index (Phi) is 3.16. The van der Waals surface area contributed by atoms with Crippen LogP contribution in [0, 0.1) is 0 Å². The Hall–Kier alpha value is -2.70. The highest BCUT2D eigenvalue weighted by Crippen LogP contribution is 2.25. The predicted molar refractivity (Wildman–Crippen MR) is 75.1 cm³/mol. The molecule has 0 radical (unpaired) electrons. The van der Waals surface area contributed by atoms with Gasteiger partial charge in [-0.3, -0.25) is 5.10 Å². The van der Waals surface area contributed by atoms with Gasteiger partial charge in [0.25, 0.3) is 0 Å². The van der Waals surface area contributed by atoms with Crippen LogP contribution in [0.2, 0.25) is 0 Å². The van der Waals surface area contributed by atoms with E-state index < -0.39 is 0 Å². The molecule has 0 bridgehead atoms. The molecule has 0 amide bonds. The highest BCUT2D eigenvalue weighted by molar-refractivity contribution is 5.83. The van der Waals surface area contributed by atoms with E-state index >= 15 is 0 Å². The third-order valence-electron chi connectivity index (χ3n) is 2.76. The van der Waals surface area contributed by atoms with Crippen LogP contribution >= 0.6 is 0 Å². The minimum absolute atomic E-state index is 0.151. The molecule has 20 heavy (non-hydrogen) atoms. The van der Waals surface area contributed by atoms with Gasteiger partial charge in [-0.25, -0.2) is 4.98 Å². The SMILES string of the molecule is CCCOc1nc(N)nc2nc(-c3ccn[nH]3)ccc12. The Balaban J connectivity index is 2.10. The number of fused-ring (bicyclic) bond motifs is 1. The third kappa shape index (κ3) is 2.25. The molecule has 0 aliphatic carbocycles. The van der Waals surface area contributed by atoms with Gasteiger partial charge in [0.1, 0.15) is 0 Å². The first-order valence-corrected chi connectivity index (χ1v) is 6.34. The molecule has 0 saturated heterocycles. The Labute approximate surface area is 115 Å². The van der Waals surface area contributed by atoms with E-state index in [4.69, 9.17) is 10.5 Å². The van der Waals surface area contributed by atoms with Crippen molar-refractivity contribution in [2.75, 3.05) is 12.3 Å². The van der Waals surface area contributed by atoms with Crippen molar-refractivity contribution < 1.29 is 4.74 Å². The smallest absolute Gasteiger partial charge is 0.227 e. The van der Waals surface area contributed by atoms with E-state index in [0.717, 1.165) is 23.2 Å². The molecule has 0 saturated carbocycles. The Bertz CT molecular complexity index is 725. The summed E-state index contributed by atoms with van der Waals surface area (Å²) in [4.78, 5) is 12.7. The molecule has 0 unspecified atom stereocenters. The minimum atomic E-state index is 0.151. The number of hydrogen-bond donors (Lipinski definition) is 2. The summed E-state index contributed by atoms with van der Waals surface area (Å²) in [5, 5.41) is 7.52. The number of ether oxygens (including phenoxy) is 1. The second-order valence-corrected chi connectivity index (χ2v) is 4.27. The van der Waals surface area contributed by atoms with Crippen molar-refractivity contribution in [2.24, 2.45) is 0 Å². The van der Waals surface area contributed by atoms with Crippen molar-refractivity contribution in [2.45, 2.75) is 13.3 Å². The zero-order valence-electron chi connectivity index (χ0n) is 11.0. The number of aromatic amines is 1. The number of pyridine rings is 1. The lowest BCUT2D eigenvalue weighted by Gasteiger charge is -2.08. The standard InChI is InChI=1S/C13H14N6O/c1-2-7-20-12-8-3-4-9(10-5-6-15-19-10)16-11(8)17-13(14)18-12/h3-6H,2,7H2,1H3,(H,15,19)(H2,14,16,17,18). The fraction of sp³-hybridized carbons (Fsp3) is 0.231. The summed E-state index contributed by atoms with van der Waals surface area (Å²) < 4.78 is 5.59. The zero-order chi connectivity index (χ0) is 13.9. The molecule has 0 aromatic carbocycles. The first kappa shape index (κ1) is 12.3. The van der Waals surface area contributed by atoms with E-state index in [1.807, 2.05) is 25.1 Å². The van der Waals surface area contributed by atoms with Crippen LogP contribution in [0.3, 0.4) is 0 Å². The summed E-state index contributed by atoms with van der Waals surface area (Å²) >= 11 is 0. The molecule has 3 aromatic rings.